The predicted molar refractivity (Wildman–Crippen MR) is 55.7 cm³/mol. The summed E-state index contributed by atoms with van der Waals surface area (Å²) in [6.07, 6.45) is 0. The summed E-state index contributed by atoms with van der Waals surface area (Å²) >= 11 is 0. The monoisotopic (exact) mass is 207 g/mol. The molecular formula is C11H13NO3. The number of aliphatic hydroxyl groups is 1. The maximum atomic E-state index is 10.0. The lowest BCUT2D eigenvalue weighted by Gasteiger charge is -2.14. The Bertz CT molecular complexity index is 344. The molecule has 1 aromatic rings. The lowest BCUT2D eigenvalue weighted by molar-refractivity contribution is -0.148. The molecule has 0 aromatic heterocycles. The zero-order chi connectivity index (χ0) is 11.1. The van der Waals surface area contributed by atoms with Gasteiger partial charge in [0, 0.05) is 7.05 Å². The molecular weight excluding hydrogens is 194 g/mol. The van der Waals surface area contributed by atoms with E-state index < -0.39 is 0 Å². The lowest BCUT2D eigenvalue weighted by Crippen LogP contribution is -2.21. The molecule has 0 heterocycles. The summed E-state index contributed by atoms with van der Waals surface area (Å²) in [4.78, 5) is 15.3. The van der Waals surface area contributed by atoms with Crippen molar-refractivity contribution in [2.24, 2.45) is 0 Å². The van der Waals surface area contributed by atoms with Crippen LogP contribution in [-0.4, -0.2) is 29.7 Å². The van der Waals surface area contributed by atoms with Crippen molar-refractivity contribution in [3.8, 4) is 0 Å². The number of carbonyl (C=O) groups excluding carboxylic acids is 1. The van der Waals surface area contributed by atoms with E-state index >= 15 is 0 Å². The van der Waals surface area contributed by atoms with E-state index in [4.69, 9.17) is 9.94 Å². The summed E-state index contributed by atoms with van der Waals surface area (Å²) in [5.74, 6) is 1.02. The largest absolute Gasteiger partial charge is 0.501 e. The van der Waals surface area contributed by atoms with E-state index in [1.165, 1.54) is 11.0 Å². The van der Waals surface area contributed by atoms with Gasteiger partial charge >= 0.3 is 0 Å². The van der Waals surface area contributed by atoms with Crippen molar-refractivity contribution in [3.05, 3.63) is 41.7 Å². The fraction of sp³-hybridized carbons (Fsp3) is 0.273. The smallest absolute Gasteiger partial charge is 0.193 e. The molecule has 15 heavy (non-hydrogen) atoms. The summed E-state index contributed by atoms with van der Waals surface area (Å²) < 4.78 is 0. The molecule has 0 atom stereocenters. The van der Waals surface area contributed by atoms with Crippen LogP contribution in [0.1, 0.15) is 5.56 Å². The van der Waals surface area contributed by atoms with Crippen LogP contribution in [0.2, 0.25) is 0 Å². The predicted octanol–water partition coefficient (Wildman–Crippen LogP) is 1.32. The molecule has 0 unspecified atom stereocenters. The molecule has 4 nitrogen and oxygen atoms in total. The maximum Gasteiger partial charge on any atom is 0.193 e. The van der Waals surface area contributed by atoms with Gasteiger partial charge in [-0.15, -0.1) is 0 Å². The van der Waals surface area contributed by atoms with Crippen LogP contribution in [0.3, 0.4) is 0 Å². The van der Waals surface area contributed by atoms with Crippen molar-refractivity contribution in [2.45, 2.75) is 6.61 Å². The summed E-state index contributed by atoms with van der Waals surface area (Å²) in [6.45, 7) is 0.444. The lowest BCUT2D eigenvalue weighted by atomic mass is 10.2. The third-order valence-corrected chi connectivity index (χ3v) is 1.78. The standard InChI is InChI=1S/C11H13NO3/c1-12(7-11(14)8-13)15-9-10-5-3-2-4-6-10/h2-6,14H,7,9H2,1H3. The Hall–Kier alpha value is -1.61. The van der Waals surface area contributed by atoms with E-state index in [-0.39, 0.29) is 12.3 Å². The highest BCUT2D eigenvalue weighted by molar-refractivity contribution is 5.49. The van der Waals surface area contributed by atoms with Crippen molar-refractivity contribution in [2.75, 3.05) is 13.6 Å². The Morgan fingerprint density at radius 3 is 2.73 bits per heavy atom. The number of rotatable bonds is 5. The molecule has 0 radical (unpaired) electrons. The van der Waals surface area contributed by atoms with Gasteiger partial charge in [0.05, 0.1) is 13.2 Å². The number of benzene rings is 1. The first-order chi connectivity index (χ1) is 7.22. The maximum absolute atomic E-state index is 10.0. The van der Waals surface area contributed by atoms with E-state index in [1.807, 2.05) is 30.3 Å². The van der Waals surface area contributed by atoms with E-state index in [0.717, 1.165) is 5.56 Å². The van der Waals surface area contributed by atoms with E-state index in [0.29, 0.717) is 6.61 Å². The first-order valence-corrected chi connectivity index (χ1v) is 4.53. The molecule has 0 saturated heterocycles. The van der Waals surface area contributed by atoms with Gasteiger partial charge < -0.3 is 5.11 Å². The summed E-state index contributed by atoms with van der Waals surface area (Å²) in [7, 11) is 1.64. The van der Waals surface area contributed by atoms with Gasteiger partial charge in [-0.3, -0.25) is 4.84 Å². The van der Waals surface area contributed by atoms with Gasteiger partial charge in [0.2, 0.25) is 0 Å². The van der Waals surface area contributed by atoms with Gasteiger partial charge in [-0.1, -0.05) is 30.3 Å². The Morgan fingerprint density at radius 1 is 1.47 bits per heavy atom. The molecule has 4 heteroatoms. The van der Waals surface area contributed by atoms with Crippen LogP contribution in [0, 0.1) is 0 Å². The van der Waals surface area contributed by atoms with Crippen LogP contribution in [-0.2, 0) is 16.2 Å². The van der Waals surface area contributed by atoms with Gasteiger partial charge in [0.15, 0.2) is 11.7 Å². The SMILES string of the molecule is CN(CC(O)=C=O)OCc1ccccc1. The minimum absolute atomic E-state index is 0.0380. The third kappa shape index (κ3) is 4.42. The van der Waals surface area contributed by atoms with Crippen molar-refractivity contribution >= 4 is 5.94 Å². The van der Waals surface area contributed by atoms with Crippen LogP contribution in [0.25, 0.3) is 0 Å². The zero-order valence-electron chi connectivity index (χ0n) is 8.51. The number of aliphatic hydroxyl groups excluding tert-OH is 1. The fourth-order valence-electron chi connectivity index (χ4n) is 1.05. The van der Waals surface area contributed by atoms with Gasteiger partial charge in [0.25, 0.3) is 0 Å². The van der Waals surface area contributed by atoms with E-state index in [9.17, 15) is 4.79 Å². The zero-order valence-corrected chi connectivity index (χ0v) is 8.51. The molecule has 0 amide bonds. The number of likely N-dealkylation sites (N-methyl/N-ethyl adjacent to an activating group) is 1. The van der Waals surface area contributed by atoms with Crippen LogP contribution < -0.4 is 0 Å². The number of hydrogen-bond acceptors (Lipinski definition) is 4. The average molecular weight is 207 g/mol. The fourth-order valence-corrected chi connectivity index (χ4v) is 1.05. The highest BCUT2D eigenvalue weighted by Crippen LogP contribution is 2.02. The molecule has 1 N–H and O–H groups in total. The van der Waals surface area contributed by atoms with Crippen molar-refractivity contribution < 1.29 is 14.7 Å². The summed E-state index contributed by atoms with van der Waals surface area (Å²) in [5.41, 5.74) is 1.03. The van der Waals surface area contributed by atoms with Gasteiger partial charge in [-0.25, -0.2) is 4.79 Å². The average Bonchev–Trinajstić information content (AvgIpc) is 2.27. The molecule has 0 aliphatic heterocycles. The molecule has 0 bridgehead atoms. The second-order valence-corrected chi connectivity index (χ2v) is 3.09. The van der Waals surface area contributed by atoms with Gasteiger partial charge in [-0.2, -0.15) is 5.06 Å². The van der Waals surface area contributed by atoms with Crippen LogP contribution in [0.4, 0.5) is 0 Å². The van der Waals surface area contributed by atoms with Crippen LogP contribution in [0.5, 0.6) is 0 Å². The minimum atomic E-state index is -0.370. The van der Waals surface area contributed by atoms with Gasteiger partial charge in [-0.05, 0) is 5.56 Å². The molecule has 0 aliphatic carbocycles. The molecule has 0 saturated carbocycles. The topological polar surface area (TPSA) is 49.8 Å². The second kappa shape index (κ2) is 5.98. The molecule has 0 spiro atoms. The Morgan fingerprint density at radius 2 is 2.13 bits per heavy atom. The van der Waals surface area contributed by atoms with Gasteiger partial charge in [0.1, 0.15) is 0 Å². The summed E-state index contributed by atoms with van der Waals surface area (Å²) in [5, 5.41) is 10.3. The third-order valence-electron chi connectivity index (χ3n) is 1.78. The van der Waals surface area contributed by atoms with Crippen LogP contribution >= 0.6 is 0 Å². The number of hydroxylamine groups is 2. The quantitative estimate of drug-likeness (QED) is 0.449. The molecule has 0 fully saturated rings. The molecule has 80 valence electrons. The Kier molecular flexibility index (Phi) is 4.57. The first-order valence-electron chi connectivity index (χ1n) is 4.53. The van der Waals surface area contributed by atoms with E-state index in [2.05, 4.69) is 0 Å². The van der Waals surface area contributed by atoms with E-state index in [1.54, 1.807) is 7.05 Å². The van der Waals surface area contributed by atoms with Crippen molar-refractivity contribution in [3.63, 3.8) is 0 Å². The van der Waals surface area contributed by atoms with Crippen LogP contribution in [0.15, 0.2) is 36.1 Å². The molecule has 0 aliphatic rings. The normalized spacial score (nSPS) is 10.0. The summed E-state index contributed by atoms with van der Waals surface area (Å²) in [6, 6.07) is 9.63. The highest BCUT2D eigenvalue weighted by atomic mass is 16.7. The van der Waals surface area contributed by atoms with Crippen molar-refractivity contribution in [1.82, 2.24) is 5.06 Å². The minimum Gasteiger partial charge on any atom is -0.501 e. The number of hydrogen-bond donors (Lipinski definition) is 1. The Labute approximate surface area is 88.3 Å². The molecule has 1 aromatic carbocycles. The number of nitrogens with zero attached hydrogens (tertiary/aromatic N) is 1. The molecule has 1 rings (SSSR count). The first kappa shape index (κ1) is 11.5. The van der Waals surface area contributed by atoms with Crippen molar-refractivity contribution in [1.29, 1.82) is 0 Å². The second-order valence-electron chi connectivity index (χ2n) is 3.09. The highest BCUT2D eigenvalue weighted by Gasteiger charge is 2.02. The Balaban J connectivity index is 2.34.